The van der Waals surface area contributed by atoms with E-state index in [1.165, 1.54) is 22.6 Å². The van der Waals surface area contributed by atoms with Gasteiger partial charge in [0.1, 0.15) is 6.07 Å². The van der Waals surface area contributed by atoms with Crippen molar-refractivity contribution in [1.82, 2.24) is 19.6 Å². The standard InChI is InChI=1S/C23H23IN6OS2/c24-33-30-20(15-5-7-26-8-6-15)12-18-19(4-3-16(13-25)21(18)30)29-10-1-2-17(14-29)28-22(31)23-27-9-11-32-23/h3-5,9,11-12,17,26H,1-2,6-8,10,14H2,(H,28,31)/t17-/m1/s1. The topological polar surface area (TPSA) is 86.0 Å². The molecule has 2 aliphatic heterocycles. The summed E-state index contributed by atoms with van der Waals surface area (Å²) in [5.41, 5.74) is 5.26. The van der Waals surface area contributed by atoms with Crippen LogP contribution in [0.5, 0.6) is 0 Å². The van der Waals surface area contributed by atoms with E-state index in [9.17, 15) is 10.1 Å². The van der Waals surface area contributed by atoms with E-state index >= 15 is 0 Å². The molecule has 33 heavy (non-hydrogen) atoms. The molecule has 0 spiro atoms. The Labute approximate surface area is 213 Å². The molecule has 1 atom stereocenters. The molecule has 2 aliphatic rings. The van der Waals surface area contributed by atoms with Gasteiger partial charge >= 0.3 is 0 Å². The highest BCUT2D eigenvalue weighted by Gasteiger charge is 2.26. The van der Waals surface area contributed by atoms with E-state index in [4.69, 9.17) is 0 Å². The van der Waals surface area contributed by atoms with Gasteiger partial charge in [-0.1, -0.05) is 6.08 Å². The summed E-state index contributed by atoms with van der Waals surface area (Å²) in [6.07, 6.45) is 6.82. The molecule has 2 N–H and O–H groups in total. The SMILES string of the molecule is N#Cc1ccc(N2CCC[C@@H](NC(=O)c3nccs3)C2)c2cc(C3=CCNCC3)n(SI)c12. The maximum absolute atomic E-state index is 12.5. The van der Waals surface area contributed by atoms with Gasteiger partial charge in [0, 0.05) is 78.7 Å². The number of thiazole rings is 1. The van der Waals surface area contributed by atoms with Gasteiger partial charge in [0.05, 0.1) is 16.8 Å². The number of hydrogen-bond donors (Lipinski definition) is 2. The van der Waals surface area contributed by atoms with Gasteiger partial charge in [-0.3, -0.25) is 8.77 Å². The quantitative estimate of drug-likeness (QED) is 0.423. The maximum Gasteiger partial charge on any atom is 0.280 e. The number of piperidine rings is 1. The van der Waals surface area contributed by atoms with Gasteiger partial charge < -0.3 is 15.5 Å². The van der Waals surface area contributed by atoms with Crippen molar-refractivity contribution >= 4 is 69.7 Å². The molecule has 1 saturated heterocycles. The van der Waals surface area contributed by atoms with Gasteiger partial charge in [-0.15, -0.1) is 11.3 Å². The second kappa shape index (κ2) is 10.0. The van der Waals surface area contributed by atoms with Crippen molar-refractivity contribution < 1.29 is 4.79 Å². The van der Waals surface area contributed by atoms with Crippen molar-refractivity contribution in [1.29, 1.82) is 5.26 Å². The van der Waals surface area contributed by atoms with Gasteiger partial charge in [0.15, 0.2) is 5.01 Å². The molecular formula is C23H23IN6OS2. The second-order valence-electron chi connectivity index (χ2n) is 8.18. The minimum atomic E-state index is -0.102. The van der Waals surface area contributed by atoms with Gasteiger partial charge in [-0.25, -0.2) is 4.98 Å². The number of amides is 1. The first-order valence-corrected chi connectivity index (χ1v) is 15.1. The normalized spacial score (nSPS) is 18.7. The largest absolute Gasteiger partial charge is 0.369 e. The van der Waals surface area contributed by atoms with Crippen LogP contribution in [0.1, 0.15) is 40.3 Å². The summed E-state index contributed by atoms with van der Waals surface area (Å²) in [6.45, 7) is 3.49. The number of nitrogens with one attached hydrogen (secondary N) is 2. The summed E-state index contributed by atoms with van der Waals surface area (Å²) in [5, 5.41) is 19.8. The van der Waals surface area contributed by atoms with Crippen molar-refractivity contribution in [2.24, 2.45) is 0 Å². The number of rotatable bonds is 5. The molecular weight excluding hydrogens is 567 g/mol. The minimum absolute atomic E-state index is 0.0634. The molecule has 0 aliphatic carbocycles. The molecule has 0 unspecified atom stereocenters. The summed E-state index contributed by atoms with van der Waals surface area (Å²) in [7, 11) is 1.61. The van der Waals surface area contributed by atoms with Crippen LogP contribution in [0.2, 0.25) is 0 Å². The van der Waals surface area contributed by atoms with Crippen molar-refractivity contribution in [3.63, 3.8) is 0 Å². The molecule has 4 heterocycles. The first-order valence-electron chi connectivity index (χ1n) is 10.9. The zero-order valence-corrected chi connectivity index (χ0v) is 21.7. The van der Waals surface area contributed by atoms with E-state index < -0.39 is 0 Å². The Morgan fingerprint density at radius 2 is 2.33 bits per heavy atom. The minimum Gasteiger partial charge on any atom is -0.369 e. The lowest BCUT2D eigenvalue weighted by molar-refractivity contribution is 0.0933. The van der Waals surface area contributed by atoms with E-state index in [-0.39, 0.29) is 11.9 Å². The van der Waals surface area contributed by atoms with Crippen LogP contribution in [0.3, 0.4) is 0 Å². The molecule has 0 bridgehead atoms. The maximum atomic E-state index is 12.5. The average Bonchev–Trinajstić information content (AvgIpc) is 3.53. The van der Waals surface area contributed by atoms with Crippen LogP contribution >= 0.6 is 41.7 Å². The highest BCUT2D eigenvalue weighted by atomic mass is 127. The van der Waals surface area contributed by atoms with E-state index in [0.29, 0.717) is 10.6 Å². The number of hydrogen-bond acceptors (Lipinski definition) is 7. The molecule has 3 aromatic rings. The Hall–Kier alpha value is -2.07. The molecule has 1 fully saturated rings. The Morgan fingerprint density at radius 1 is 1.42 bits per heavy atom. The fourth-order valence-electron chi connectivity index (χ4n) is 4.69. The number of nitrogens with zero attached hydrogens (tertiary/aromatic N) is 4. The number of carbonyl (C=O) groups excluding carboxylic acids is 1. The van der Waals surface area contributed by atoms with Gasteiger partial charge in [-0.2, -0.15) is 5.26 Å². The van der Waals surface area contributed by atoms with Crippen LogP contribution in [-0.2, 0) is 0 Å². The third-order valence-corrected chi connectivity index (χ3v) is 8.67. The van der Waals surface area contributed by atoms with Crippen molar-refractivity contribution in [3.05, 3.63) is 52.1 Å². The Balaban J connectivity index is 1.50. The van der Waals surface area contributed by atoms with E-state index in [2.05, 4.69) is 70.0 Å². The third-order valence-electron chi connectivity index (χ3n) is 6.20. The molecule has 1 aromatic carbocycles. The number of halogens is 1. The molecule has 170 valence electrons. The van der Waals surface area contributed by atoms with Crippen molar-refractivity contribution in [3.8, 4) is 6.07 Å². The van der Waals surface area contributed by atoms with Crippen LogP contribution < -0.4 is 15.5 Å². The number of benzene rings is 1. The number of anilines is 1. The predicted molar refractivity (Wildman–Crippen MR) is 144 cm³/mol. The summed E-state index contributed by atoms with van der Waals surface area (Å²) >= 11 is 3.66. The Kier molecular flexibility index (Phi) is 6.91. The van der Waals surface area contributed by atoms with Crippen LogP contribution in [-0.4, -0.2) is 47.1 Å². The molecule has 7 nitrogen and oxygen atoms in total. The molecule has 2 aromatic heterocycles. The summed E-state index contributed by atoms with van der Waals surface area (Å²) in [6, 6.07) is 8.69. The molecule has 1 amide bonds. The van der Waals surface area contributed by atoms with E-state index in [0.717, 1.165) is 62.0 Å². The zero-order chi connectivity index (χ0) is 22.8. The second-order valence-corrected chi connectivity index (χ2v) is 10.8. The lowest BCUT2D eigenvalue weighted by Crippen LogP contribution is -2.47. The van der Waals surface area contributed by atoms with Crippen LogP contribution in [0.15, 0.2) is 35.9 Å². The first kappa shape index (κ1) is 22.7. The van der Waals surface area contributed by atoms with E-state index in [1.807, 2.05) is 11.4 Å². The van der Waals surface area contributed by atoms with Gasteiger partial charge in [0.25, 0.3) is 5.91 Å². The highest BCUT2D eigenvalue weighted by molar-refractivity contribution is 14.2. The lowest BCUT2D eigenvalue weighted by Gasteiger charge is -2.35. The number of carbonyl (C=O) groups is 1. The van der Waals surface area contributed by atoms with Gasteiger partial charge in [0.2, 0.25) is 0 Å². The summed E-state index contributed by atoms with van der Waals surface area (Å²) in [5.74, 6) is -0.102. The van der Waals surface area contributed by atoms with Crippen molar-refractivity contribution in [2.45, 2.75) is 25.3 Å². The number of nitriles is 1. The van der Waals surface area contributed by atoms with Crippen LogP contribution in [0, 0.1) is 11.3 Å². The average molecular weight is 591 g/mol. The summed E-state index contributed by atoms with van der Waals surface area (Å²) in [4.78, 5) is 19.0. The lowest BCUT2D eigenvalue weighted by atomic mass is 10.0. The van der Waals surface area contributed by atoms with Gasteiger partial charge in [-0.05, 0) is 49.6 Å². The fraction of sp³-hybridized carbons (Fsp3) is 0.348. The van der Waals surface area contributed by atoms with Crippen LogP contribution in [0.25, 0.3) is 16.5 Å². The summed E-state index contributed by atoms with van der Waals surface area (Å²) < 4.78 is 2.20. The number of aromatic nitrogens is 2. The highest BCUT2D eigenvalue weighted by Crippen LogP contribution is 2.40. The molecule has 0 saturated carbocycles. The Bertz CT molecular complexity index is 1250. The molecule has 5 rings (SSSR count). The fourth-order valence-corrected chi connectivity index (χ4v) is 6.96. The monoisotopic (exact) mass is 590 g/mol. The van der Waals surface area contributed by atoms with Crippen LogP contribution in [0.4, 0.5) is 5.69 Å². The molecule has 10 heteroatoms. The molecule has 0 radical (unpaired) electrons. The van der Waals surface area contributed by atoms with E-state index in [1.54, 1.807) is 15.3 Å². The Morgan fingerprint density at radius 3 is 3.06 bits per heavy atom. The number of fused-ring (bicyclic) bond motifs is 1. The predicted octanol–water partition coefficient (Wildman–Crippen LogP) is 4.59. The smallest absolute Gasteiger partial charge is 0.280 e. The van der Waals surface area contributed by atoms with Crippen molar-refractivity contribution in [2.75, 3.05) is 31.1 Å². The zero-order valence-electron chi connectivity index (χ0n) is 17.9. The third kappa shape index (κ3) is 4.51. The first-order chi connectivity index (χ1) is 16.2.